The first-order valence-corrected chi connectivity index (χ1v) is 8.96. The molecule has 1 aliphatic rings. The number of hydrogen-bond donors (Lipinski definition) is 1. The van der Waals surface area contributed by atoms with Crippen LogP contribution in [0.15, 0.2) is 41.7 Å². The van der Waals surface area contributed by atoms with E-state index in [9.17, 15) is 0 Å². The third-order valence-corrected chi connectivity index (χ3v) is 4.37. The summed E-state index contributed by atoms with van der Waals surface area (Å²) in [5.41, 5.74) is 2.25. The van der Waals surface area contributed by atoms with Gasteiger partial charge in [0.2, 0.25) is 0 Å². The molecule has 0 amide bonds. The maximum Gasteiger partial charge on any atom is 0.194 e. The Labute approximate surface area is 154 Å². The largest absolute Gasteiger partial charge is 0.497 e. The highest BCUT2D eigenvalue weighted by molar-refractivity contribution is 5.80. The second-order valence-electron chi connectivity index (χ2n) is 6.27. The Morgan fingerprint density at radius 1 is 1.38 bits per heavy atom. The van der Waals surface area contributed by atoms with Gasteiger partial charge < -0.3 is 19.7 Å². The minimum atomic E-state index is 0.0160. The molecule has 1 aromatic heterocycles. The second-order valence-corrected chi connectivity index (χ2v) is 6.27. The summed E-state index contributed by atoms with van der Waals surface area (Å²) in [6.07, 6.45) is 3.90. The maximum atomic E-state index is 5.93. The Balaban J connectivity index is 1.69. The Bertz CT molecular complexity index is 726. The predicted octanol–water partition coefficient (Wildman–Crippen LogP) is 1.97. The van der Waals surface area contributed by atoms with Gasteiger partial charge in [0.05, 0.1) is 33.0 Å². The van der Waals surface area contributed by atoms with Crippen LogP contribution in [0.5, 0.6) is 5.75 Å². The Hall–Kier alpha value is -2.54. The number of ether oxygens (including phenoxy) is 2. The molecule has 1 saturated heterocycles. The van der Waals surface area contributed by atoms with Crippen molar-refractivity contribution in [2.45, 2.75) is 19.6 Å². The number of aromatic nitrogens is 2. The van der Waals surface area contributed by atoms with Crippen molar-refractivity contribution in [2.75, 3.05) is 33.4 Å². The van der Waals surface area contributed by atoms with Crippen LogP contribution in [0.1, 0.15) is 24.2 Å². The van der Waals surface area contributed by atoms with E-state index in [2.05, 4.69) is 22.2 Å². The molecule has 3 rings (SSSR count). The van der Waals surface area contributed by atoms with Crippen molar-refractivity contribution in [1.82, 2.24) is 20.0 Å². The highest BCUT2D eigenvalue weighted by Gasteiger charge is 2.25. The normalized spacial score (nSPS) is 18.0. The van der Waals surface area contributed by atoms with Gasteiger partial charge in [-0.1, -0.05) is 12.1 Å². The van der Waals surface area contributed by atoms with E-state index >= 15 is 0 Å². The summed E-state index contributed by atoms with van der Waals surface area (Å²) < 4.78 is 12.9. The molecule has 1 aliphatic heterocycles. The molecule has 1 fully saturated rings. The fourth-order valence-electron chi connectivity index (χ4n) is 2.97. The molecule has 2 aromatic rings. The Morgan fingerprint density at radius 2 is 2.19 bits per heavy atom. The average Bonchev–Trinajstić information content (AvgIpc) is 3.12. The van der Waals surface area contributed by atoms with Crippen LogP contribution in [0.25, 0.3) is 0 Å². The summed E-state index contributed by atoms with van der Waals surface area (Å²) >= 11 is 0. The van der Waals surface area contributed by atoms with Crippen LogP contribution in [0.4, 0.5) is 0 Å². The number of methoxy groups -OCH3 is 1. The molecular weight excluding hydrogens is 330 g/mol. The third kappa shape index (κ3) is 4.54. The lowest BCUT2D eigenvalue weighted by Crippen LogP contribution is -2.48. The van der Waals surface area contributed by atoms with E-state index in [4.69, 9.17) is 14.5 Å². The Kier molecular flexibility index (Phi) is 6.12. The van der Waals surface area contributed by atoms with Gasteiger partial charge in [0.25, 0.3) is 0 Å². The van der Waals surface area contributed by atoms with Gasteiger partial charge >= 0.3 is 0 Å². The molecule has 0 spiro atoms. The highest BCUT2D eigenvalue weighted by atomic mass is 16.5. The van der Waals surface area contributed by atoms with Gasteiger partial charge in [-0.15, -0.1) is 0 Å². The first kappa shape index (κ1) is 18.3. The van der Waals surface area contributed by atoms with Crippen LogP contribution in [-0.2, 0) is 18.3 Å². The van der Waals surface area contributed by atoms with Crippen molar-refractivity contribution in [2.24, 2.45) is 12.0 Å². The van der Waals surface area contributed by atoms with Crippen LogP contribution >= 0.6 is 0 Å². The molecule has 0 bridgehead atoms. The van der Waals surface area contributed by atoms with Crippen molar-refractivity contribution < 1.29 is 9.47 Å². The molecule has 2 heterocycles. The van der Waals surface area contributed by atoms with E-state index in [1.165, 1.54) is 0 Å². The lowest BCUT2D eigenvalue weighted by atomic mass is 10.1. The van der Waals surface area contributed by atoms with Crippen LogP contribution in [0.2, 0.25) is 0 Å². The minimum Gasteiger partial charge on any atom is -0.497 e. The smallest absolute Gasteiger partial charge is 0.194 e. The summed E-state index contributed by atoms with van der Waals surface area (Å²) in [4.78, 5) is 7.07. The molecule has 0 aliphatic carbocycles. The van der Waals surface area contributed by atoms with Crippen molar-refractivity contribution in [1.29, 1.82) is 0 Å². The third-order valence-electron chi connectivity index (χ3n) is 4.37. The zero-order valence-electron chi connectivity index (χ0n) is 15.7. The summed E-state index contributed by atoms with van der Waals surface area (Å²) in [6.45, 7) is 5.80. The number of nitrogens with zero attached hydrogens (tertiary/aromatic N) is 4. The monoisotopic (exact) mass is 357 g/mol. The van der Waals surface area contributed by atoms with Gasteiger partial charge in [-0.25, -0.2) is 4.99 Å². The van der Waals surface area contributed by atoms with Crippen LogP contribution in [-0.4, -0.2) is 54.0 Å². The number of guanidine groups is 1. The van der Waals surface area contributed by atoms with Crippen molar-refractivity contribution in [3.63, 3.8) is 0 Å². The predicted molar refractivity (Wildman–Crippen MR) is 101 cm³/mol. The van der Waals surface area contributed by atoms with Gasteiger partial charge in [0.15, 0.2) is 5.96 Å². The fraction of sp³-hybridized carbons (Fsp3) is 0.474. The highest BCUT2D eigenvalue weighted by Crippen LogP contribution is 2.21. The van der Waals surface area contributed by atoms with Gasteiger partial charge in [-0.3, -0.25) is 4.68 Å². The van der Waals surface area contributed by atoms with Gasteiger partial charge in [-0.05, 0) is 24.6 Å². The fourth-order valence-corrected chi connectivity index (χ4v) is 2.97. The van der Waals surface area contributed by atoms with Crippen LogP contribution < -0.4 is 10.1 Å². The van der Waals surface area contributed by atoms with Gasteiger partial charge in [-0.2, -0.15) is 5.10 Å². The van der Waals surface area contributed by atoms with Crippen LogP contribution in [0, 0.1) is 0 Å². The van der Waals surface area contributed by atoms with E-state index in [0.29, 0.717) is 13.2 Å². The molecule has 140 valence electrons. The van der Waals surface area contributed by atoms with Crippen LogP contribution in [0.3, 0.4) is 0 Å². The summed E-state index contributed by atoms with van der Waals surface area (Å²) in [5.74, 6) is 1.78. The zero-order chi connectivity index (χ0) is 18.4. The first-order chi connectivity index (χ1) is 12.7. The number of rotatable bonds is 5. The van der Waals surface area contributed by atoms with Gasteiger partial charge in [0.1, 0.15) is 11.9 Å². The van der Waals surface area contributed by atoms with E-state index in [0.717, 1.165) is 42.5 Å². The molecule has 0 saturated carbocycles. The molecule has 1 atom stereocenters. The standard InChI is InChI=1S/C19H27N5O2/c1-4-20-19(21-11-15-5-7-17(25-3)8-6-15)24-9-10-26-18(14-24)16-12-22-23(2)13-16/h5-8,12-13,18H,4,9-11,14H2,1-3H3,(H,20,21). The number of aryl methyl sites for hydroxylation is 1. The molecule has 1 aromatic carbocycles. The molecule has 0 radical (unpaired) electrons. The molecular formula is C19H27N5O2. The number of aliphatic imine (C=N–C) groups is 1. The van der Waals surface area contributed by atoms with E-state index in [1.54, 1.807) is 11.8 Å². The maximum absolute atomic E-state index is 5.93. The van der Waals surface area contributed by atoms with Crippen molar-refractivity contribution in [3.05, 3.63) is 47.8 Å². The molecule has 7 heteroatoms. The van der Waals surface area contributed by atoms with E-state index < -0.39 is 0 Å². The summed E-state index contributed by atoms with van der Waals surface area (Å²) in [6, 6.07) is 8.02. The van der Waals surface area contributed by atoms with E-state index in [-0.39, 0.29) is 6.10 Å². The quantitative estimate of drug-likeness (QED) is 0.655. The Morgan fingerprint density at radius 3 is 2.85 bits per heavy atom. The molecule has 26 heavy (non-hydrogen) atoms. The number of benzene rings is 1. The first-order valence-electron chi connectivity index (χ1n) is 8.96. The minimum absolute atomic E-state index is 0.0160. The summed E-state index contributed by atoms with van der Waals surface area (Å²) in [5, 5.41) is 7.65. The molecule has 1 N–H and O–H groups in total. The lowest BCUT2D eigenvalue weighted by Gasteiger charge is -2.34. The molecule has 7 nitrogen and oxygen atoms in total. The average molecular weight is 357 g/mol. The number of hydrogen-bond acceptors (Lipinski definition) is 4. The number of nitrogens with one attached hydrogen (secondary N) is 1. The lowest BCUT2D eigenvalue weighted by molar-refractivity contribution is -0.00805. The topological polar surface area (TPSA) is 63.9 Å². The number of morpholine rings is 1. The van der Waals surface area contributed by atoms with Crippen molar-refractivity contribution >= 4 is 5.96 Å². The summed E-state index contributed by atoms with van der Waals surface area (Å²) in [7, 11) is 3.60. The van der Waals surface area contributed by atoms with E-state index in [1.807, 2.05) is 43.7 Å². The zero-order valence-corrected chi connectivity index (χ0v) is 15.7. The van der Waals surface area contributed by atoms with Crippen molar-refractivity contribution in [3.8, 4) is 5.75 Å². The van der Waals surface area contributed by atoms with Gasteiger partial charge in [0, 0.05) is 31.9 Å². The molecule has 1 unspecified atom stereocenters. The SMILES string of the molecule is CCNC(=NCc1ccc(OC)cc1)N1CCOC(c2cnn(C)c2)C1. The second kappa shape index (κ2) is 8.71.